The Bertz CT molecular complexity index is 872. The zero-order valence-electron chi connectivity index (χ0n) is 19.7. The van der Waals surface area contributed by atoms with Crippen LogP contribution in [-0.4, -0.2) is 65.0 Å². The molecule has 1 amide bonds. The first kappa shape index (κ1) is 24.8. The monoisotopic (exact) mass is 478 g/mol. The Kier molecular flexibility index (Phi) is 8.01. The van der Waals surface area contributed by atoms with Crippen LogP contribution < -0.4 is 10.6 Å². The smallest absolute Gasteiger partial charge is 0.326 e. The molecule has 0 bridgehead atoms. The first-order valence-electron chi connectivity index (χ1n) is 12.6. The minimum Gasteiger partial charge on any atom is -0.480 e. The molecular weight excluding hydrogens is 442 g/mol. The lowest BCUT2D eigenvalue weighted by molar-refractivity contribution is -0.143. The maximum atomic E-state index is 13.3. The number of likely N-dealkylation sites (tertiary alicyclic amines) is 1. The Morgan fingerprint density at radius 3 is 2.82 bits per heavy atom. The molecule has 1 aromatic heterocycles. The van der Waals surface area contributed by atoms with Gasteiger partial charge < -0.3 is 20.6 Å². The van der Waals surface area contributed by atoms with Crippen molar-refractivity contribution in [2.45, 2.75) is 76.2 Å². The van der Waals surface area contributed by atoms with Crippen molar-refractivity contribution in [2.24, 2.45) is 11.8 Å². The van der Waals surface area contributed by atoms with E-state index in [4.69, 9.17) is 4.98 Å². The van der Waals surface area contributed by atoms with Crippen LogP contribution in [0.2, 0.25) is 0 Å². The highest BCUT2D eigenvalue weighted by Crippen LogP contribution is 2.36. The summed E-state index contributed by atoms with van der Waals surface area (Å²) in [7, 11) is 0. The zero-order valence-corrected chi connectivity index (χ0v) is 19.7. The number of carbonyl (C=O) groups excluding carboxylic acids is 1. The van der Waals surface area contributed by atoms with Gasteiger partial charge in [0.25, 0.3) is 0 Å². The predicted octanol–water partition coefficient (Wildman–Crippen LogP) is 3.48. The second-order valence-electron chi connectivity index (χ2n) is 10.2. The van der Waals surface area contributed by atoms with Gasteiger partial charge >= 0.3 is 5.97 Å². The normalized spacial score (nSPS) is 23.6. The summed E-state index contributed by atoms with van der Waals surface area (Å²) in [5.41, 5.74) is 2.41. The summed E-state index contributed by atoms with van der Waals surface area (Å²) in [4.78, 5) is 31.2. The number of halogens is 2. The number of pyridine rings is 1. The molecule has 2 atom stereocenters. The number of hydrogen-bond donors (Lipinski definition) is 3. The second-order valence-corrected chi connectivity index (χ2v) is 10.2. The third kappa shape index (κ3) is 6.64. The van der Waals surface area contributed by atoms with Gasteiger partial charge in [-0.2, -0.15) is 0 Å². The fourth-order valence-electron chi connectivity index (χ4n) is 5.37. The average Bonchev–Trinajstić information content (AvgIpc) is 3.27. The molecule has 188 valence electrons. The molecule has 3 N–H and O–H groups in total. The van der Waals surface area contributed by atoms with Gasteiger partial charge in [-0.1, -0.05) is 6.07 Å². The zero-order chi connectivity index (χ0) is 24.1. The van der Waals surface area contributed by atoms with Crippen molar-refractivity contribution < 1.29 is 23.5 Å². The first-order chi connectivity index (χ1) is 16.3. The first-order valence-corrected chi connectivity index (χ1v) is 12.6. The van der Waals surface area contributed by atoms with Crippen molar-refractivity contribution in [1.29, 1.82) is 0 Å². The van der Waals surface area contributed by atoms with E-state index >= 15 is 0 Å². The molecule has 0 unspecified atom stereocenters. The second kappa shape index (κ2) is 11.0. The summed E-state index contributed by atoms with van der Waals surface area (Å²) in [5, 5.41) is 15.5. The van der Waals surface area contributed by atoms with E-state index in [2.05, 4.69) is 27.7 Å². The molecule has 2 fully saturated rings. The minimum absolute atomic E-state index is 0.105. The summed E-state index contributed by atoms with van der Waals surface area (Å²) in [6.45, 7) is 3.41. The molecule has 3 aliphatic rings. The number of rotatable bonds is 9. The third-order valence-corrected chi connectivity index (χ3v) is 7.57. The molecule has 1 aromatic rings. The fraction of sp³-hybridized carbons (Fsp3) is 0.720. The van der Waals surface area contributed by atoms with Gasteiger partial charge in [0.1, 0.15) is 11.9 Å². The number of aromatic nitrogens is 1. The van der Waals surface area contributed by atoms with E-state index < -0.39 is 29.8 Å². The Morgan fingerprint density at radius 2 is 2.06 bits per heavy atom. The van der Waals surface area contributed by atoms with Crippen LogP contribution in [0, 0.1) is 11.8 Å². The molecule has 0 spiro atoms. The molecular formula is C25H36F2N4O3. The predicted molar refractivity (Wildman–Crippen MR) is 125 cm³/mol. The minimum atomic E-state index is -2.71. The molecule has 7 nitrogen and oxygen atoms in total. The molecule has 4 rings (SSSR count). The topological polar surface area (TPSA) is 94.6 Å². The van der Waals surface area contributed by atoms with Crippen LogP contribution in [0.4, 0.5) is 14.6 Å². The SMILES string of the molecule is O=C(N[C@H](CCN1CC[C@H](CCc2ccc3c(n2)NCCC3)C1)C(=O)O)C1CCC(F)(F)CC1. The lowest BCUT2D eigenvalue weighted by atomic mass is 9.86. The van der Waals surface area contributed by atoms with Crippen molar-refractivity contribution >= 4 is 17.7 Å². The lowest BCUT2D eigenvalue weighted by Crippen LogP contribution is -2.46. The number of hydrogen-bond acceptors (Lipinski definition) is 5. The highest BCUT2D eigenvalue weighted by atomic mass is 19.3. The molecule has 1 aliphatic carbocycles. The maximum absolute atomic E-state index is 13.3. The van der Waals surface area contributed by atoms with Gasteiger partial charge in [-0.25, -0.2) is 18.6 Å². The molecule has 9 heteroatoms. The number of anilines is 1. The number of fused-ring (bicyclic) bond motifs is 1. The summed E-state index contributed by atoms with van der Waals surface area (Å²) < 4.78 is 26.7. The molecule has 0 aromatic carbocycles. The van der Waals surface area contributed by atoms with Gasteiger partial charge in [0.15, 0.2) is 0 Å². The van der Waals surface area contributed by atoms with E-state index in [-0.39, 0.29) is 25.7 Å². The van der Waals surface area contributed by atoms with Crippen molar-refractivity contribution in [1.82, 2.24) is 15.2 Å². The van der Waals surface area contributed by atoms with E-state index in [9.17, 15) is 23.5 Å². The number of carboxylic acid groups (broad SMARTS) is 1. The number of carbonyl (C=O) groups is 2. The number of aliphatic carboxylic acids is 1. The van der Waals surface area contributed by atoms with Gasteiger partial charge in [-0.3, -0.25) is 4.79 Å². The highest BCUT2D eigenvalue weighted by molar-refractivity contribution is 5.85. The standard InChI is InChI=1S/C25H36F2N4O3/c26-25(27)11-7-19(8-12-25)23(32)30-21(24(33)34)10-15-31-14-9-17(16-31)3-5-20-6-4-18-2-1-13-28-22(18)29-20/h4,6,17,19,21H,1-3,5,7-16H2,(H,28,29)(H,30,32)(H,33,34)/t17-,21+/m0/s1. The Labute approximate surface area is 199 Å². The summed E-state index contributed by atoms with van der Waals surface area (Å²) in [5.74, 6) is -3.13. The Balaban J connectivity index is 1.19. The van der Waals surface area contributed by atoms with Crippen molar-refractivity contribution in [2.75, 3.05) is 31.5 Å². The van der Waals surface area contributed by atoms with E-state index in [1.165, 1.54) is 5.56 Å². The van der Waals surface area contributed by atoms with Crippen molar-refractivity contribution in [3.05, 3.63) is 23.4 Å². The van der Waals surface area contributed by atoms with Crippen LogP contribution >= 0.6 is 0 Å². The van der Waals surface area contributed by atoms with Gasteiger partial charge in [0.2, 0.25) is 11.8 Å². The van der Waals surface area contributed by atoms with E-state index in [0.29, 0.717) is 18.9 Å². The van der Waals surface area contributed by atoms with Crippen LogP contribution in [0.3, 0.4) is 0 Å². The van der Waals surface area contributed by atoms with Crippen LogP contribution in [0.1, 0.15) is 62.6 Å². The van der Waals surface area contributed by atoms with E-state index in [1.807, 2.05) is 0 Å². The third-order valence-electron chi connectivity index (χ3n) is 7.57. The molecule has 1 saturated heterocycles. The van der Waals surface area contributed by atoms with Crippen LogP contribution in [0.5, 0.6) is 0 Å². The van der Waals surface area contributed by atoms with Gasteiger partial charge in [0.05, 0.1) is 0 Å². The van der Waals surface area contributed by atoms with Crippen LogP contribution in [0.15, 0.2) is 12.1 Å². The van der Waals surface area contributed by atoms with Crippen LogP contribution in [0.25, 0.3) is 0 Å². The summed E-state index contributed by atoms with van der Waals surface area (Å²) >= 11 is 0. The number of aryl methyl sites for hydroxylation is 2. The number of alkyl halides is 2. The maximum Gasteiger partial charge on any atom is 0.326 e. The average molecular weight is 479 g/mol. The quantitative estimate of drug-likeness (QED) is 0.503. The molecule has 1 saturated carbocycles. The van der Waals surface area contributed by atoms with Gasteiger partial charge in [-0.05, 0) is 75.5 Å². The largest absolute Gasteiger partial charge is 0.480 e. The number of nitrogens with one attached hydrogen (secondary N) is 2. The summed E-state index contributed by atoms with van der Waals surface area (Å²) in [6, 6.07) is 3.33. The molecule has 2 aliphatic heterocycles. The van der Waals surface area contributed by atoms with Gasteiger partial charge in [0, 0.05) is 44.1 Å². The van der Waals surface area contributed by atoms with Crippen LogP contribution in [-0.2, 0) is 22.4 Å². The van der Waals surface area contributed by atoms with Crippen molar-refractivity contribution in [3.63, 3.8) is 0 Å². The molecule has 0 radical (unpaired) electrons. The Morgan fingerprint density at radius 1 is 1.26 bits per heavy atom. The Hall–Kier alpha value is -2.29. The summed E-state index contributed by atoms with van der Waals surface area (Å²) in [6.07, 6.45) is 5.19. The number of nitrogens with zero attached hydrogens (tertiary/aromatic N) is 2. The van der Waals surface area contributed by atoms with Gasteiger partial charge in [-0.15, -0.1) is 0 Å². The fourth-order valence-corrected chi connectivity index (χ4v) is 5.37. The number of amides is 1. The lowest BCUT2D eigenvalue weighted by Gasteiger charge is -2.28. The molecule has 3 heterocycles. The van der Waals surface area contributed by atoms with Crippen molar-refractivity contribution in [3.8, 4) is 0 Å². The molecule has 34 heavy (non-hydrogen) atoms. The highest BCUT2D eigenvalue weighted by Gasteiger charge is 2.38. The van der Waals surface area contributed by atoms with E-state index in [1.54, 1.807) is 0 Å². The number of carboxylic acids is 1. The van der Waals surface area contributed by atoms with E-state index in [0.717, 1.165) is 63.3 Å².